The number of ether oxygens (including phenoxy) is 1. The molecule has 0 aliphatic heterocycles. The van der Waals surface area contributed by atoms with Gasteiger partial charge in [0.25, 0.3) is 0 Å². The Morgan fingerprint density at radius 1 is 1.18 bits per heavy atom. The van der Waals surface area contributed by atoms with Crippen molar-refractivity contribution in [3.8, 4) is 17.0 Å². The van der Waals surface area contributed by atoms with E-state index in [1.54, 1.807) is 0 Å². The Morgan fingerprint density at radius 3 is 2.50 bits per heavy atom. The van der Waals surface area contributed by atoms with Crippen molar-refractivity contribution < 1.29 is 32.2 Å². The molecular formula is C14H9F4NO3. The van der Waals surface area contributed by atoms with Crippen molar-refractivity contribution in [2.45, 2.75) is 12.8 Å². The van der Waals surface area contributed by atoms with Crippen molar-refractivity contribution in [1.29, 1.82) is 0 Å². The molecule has 0 radical (unpaired) electrons. The van der Waals surface area contributed by atoms with E-state index in [9.17, 15) is 22.4 Å². The van der Waals surface area contributed by atoms with Crippen LogP contribution in [0.15, 0.2) is 36.4 Å². The Kier molecular flexibility index (Phi) is 4.30. The molecule has 0 atom stereocenters. The predicted octanol–water partition coefficient (Wildman–Crippen LogP) is 3.41. The molecule has 116 valence electrons. The van der Waals surface area contributed by atoms with Crippen molar-refractivity contribution in [2.24, 2.45) is 0 Å². The van der Waals surface area contributed by atoms with E-state index in [1.165, 1.54) is 18.2 Å². The molecule has 0 saturated carbocycles. The van der Waals surface area contributed by atoms with E-state index in [2.05, 4.69) is 9.72 Å². The third-order valence-corrected chi connectivity index (χ3v) is 2.60. The Bertz CT molecular complexity index is 701. The van der Waals surface area contributed by atoms with Gasteiger partial charge in [-0.15, -0.1) is 13.2 Å². The van der Waals surface area contributed by atoms with E-state index in [0.29, 0.717) is 0 Å². The summed E-state index contributed by atoms with van der Waals surface area (Å²) in [6, 6.07) is 7.02. The van der Waals surface area contributed by atoms with Crippen molar-refractivity contribution in [1.82, 2.24) is 4.98 Å². The summed E-state index contributed by atoms with van der Waals surface area (Å²) in [6.45, 7) is 0. The number of para-hydroxylation sites is 1. The first-order valence-electron chi connectivity index (χ1n) is 5.98. The number of halogens is 4. The minimum absolute atomic E-state index is 0.0192. The van der Waals surface area contributed by atoms with Crippen LogP contribution in [0.4, 0.5) is 17.6 Å². The summed E-state index contributed by atoms with van der Waals surface area (Å²) in [5.74, 6) is -2.69. The number of hydrogen-bond acceptors (Lipinski definition) is 3. The van der Waals surface area contributed by atoms with E-state index in [1.807, 2.05) is 0 Å². The second-order valence-corrected chi connectivity index (χ2v) is 4.25. The maximum Gasteiger partial charge on any atom is 0.573 e. The fourth-order valence-electron chi connectivity index (χ4n) is 1.80. The highest BCUT2D eigenvalue weighted by Crippen LogP contribution is 2.34. The second-order valence-electron chi connectivity index (χ2n) is 4.25. The van der Waals surface area contributed by atoms with Gasteiger partial charge in [-0.05, 0) is 24.3 Å². The average Bonchev–Trinajstić information content (AvgIpc) is 2.39. The summed E-state index contributed by atoms with van der Waals surface area (Å²) < 4.78 is 54.8. The van der Waals surface area contributed by atoms with Gasteiger partial charge in [0, 0.05) is 5.56 Å². The van der Waals surface area contributed by atoms with Gasteiger partial charge in [-0.1, -0.05) is 12.1 Å². The second kappa shape index (κ2) is 6.00. The quantitative estimate of drug-likeness (QED) is 0.878. The topological polar surface area (TPSA) is 59.4 Å². The van der Waals surface area contributed by atoms with Crippen LogP contribution in [0.1, 0.15) is 5.69 Å². The Hall–Kier alpha value is -2.64. The Morgan fingerprint density at radius 2 is 1.86 bits per heavy atom. The van der Waals surface area contributed by atoms with Gasteiger partial charge in [0.05, 0.1) is 12.1 Å². The number of rotatable bonds is 4. The zero-order valence-electron chi connectivity index (χ0n) is 10.9. The Labute approximate surface area is 122 Å². The summed E-state index contributed by atoms with van der Waals surface area (Å²) in [5.41, 5.74) is -0.603. The van der Waals surface area contributed by atoms with Crippen LogP contribution < -0.4 is 4.74 Å². The van der Waals surface area contributed by atoms with Gasteiger partial charge in [0.2, 0.25) is 0 Å². The van der Waals surface area contributed by atoms with Gasteiger partial charge in [-0.25, -0.2) is 9.37 Å². The molecular weight excluding hydrogens is 306 g/mol. The fraction of sp³-hybridized carbons (Fsp3) is 0.143. The van der Waals surface area contributed by atoms with E-state index < -0.39 is 36.0 Å². The number of carboxylic acid groups (broad SMARTS) is 1. The minimum atomic E-state index is -4.94. The van der Waals surface area contributed by atoms with Gasteiger partial charge in [-0.3, -0.25) is 4.79 Å². The van der Waals surface area contributed by atoms with Gasteiger partial charge in [0.1, 0.15) is 17.3 Å². The number of aliphatic carboxylic acids is 1. The summed E-state index contributed by atoms with van der Waals surface area (Å²) >= 11 is 0. The summed E-state index contributed by atoms with van der Waals surface area (Å²) in [4.78, 5) is 14.4. The number of pyridine rings is 1. The predicted molar refractivity (Wildman–Crippen MR) is 67.7 cm³/mol. The molecule has 0 amide bonds. The maximum atomic E-state index is 13.9. The zero-order chi connectivity index (χ0) is 16.3. The van der Waals surface area contributed by atoms with Crippen LogP contribution >= 0.6 is 0 Å². The first-order chi connectivity index (χ1) is 10.3. The van der Waals surface area contributed by atoms with Crippen molar-refractivity contribution in [3.63, 3.8) is 0 Å². The fourth-order valence-corrected chi connectivity index (χ4v) is 1.80. The summed E-state index contributed by atoms with van der Waals surface area (Å²) in [6.07, 6.45) is -5.42. The third-order valence-electron chi connectivity index (χ3n) is 2.60. The van der Waals surface area contributed by atoms with E-state index in [0.717, 1.165) is 18.2 Å². The Balaban J connectivity index is 2.49. The highest BCUT2D eigenvalue weighted by Gasteiger charge is 2.32. The van der Waals surface area contributed by atoms with Crippen molar-refractivity contribution in [2.75, 3.05) is 0 Å². The van der Waals surface area contributed by atoms with Crippen LogP contribution in [-0.2, 0) is 11.2 Å². The van der Waals surface area contributed by atoms with Crippen LogP contribution in [0.25, 0.3) is 11.3 Å². The standard InChI is InChI=1S/C14H9F4NO3/c15-10-6-5-8(7-12(20)21)19-13(10)9-3-1-2-4-11(9)22-14(16,17)18/h1-6H,7H2,(H,20,21). The number of aromatic nitrogens is 1. The number of hydrogen-bond donors (Lipinski definition) is 1. The lowest BCUT2D eigenvalue weighted by atomic mass is 10.1. The minimum Gasteiger partial charge on any atom is -0.481 e. The first-order valence-corrected chi connectivity index (χ1v) is 5.98. The van der Waals surface area contributed by atoms with E-state index in [4.69, 9.17) is 5.11 Å². The van der Waals surface area contributed by atoms with Gasteiger partial charge in [0.15, 0.2) is 0 Å². The molecule has 4 nitrogen and oxygen atoms in total. The molecule has 2 aromatic rings. The van der Waals surface area contributed by atoms with Crippen molar-refractivity contribution in [3.05, 3.63) is 47.9 Å². The average molecular weight is 315 g/mol. The molecule has 1 aromatic carbocycles. The molecule has 22 heavy (non-hydrogen) atoms. The molecule has 0 unspecified atom stereocenters. The molecule has 2 rings (SSSR count). The van der Waals surface area contributed by atoms with Gasteiger partial charge in [-0.2, -0.15) is 0 Å². The van der Waals surface area contributed by atoms with E-state index in [-0.39, 0.29) is 11.3 Å². The summed E-state index contributed by atoms with van der Waals surface area (Å²) in [5, 5.41) is 8.70. The number of alkyl halides is 3. The number of benzene rings is 1. The first kappa shape index (κ1) is 15.7. The molecule has 0 fully saturated rings. The molecule has 8 heteroatoms. The van der Waals surface area contributed by atoms with E-state index >= 15 is 0 Å². The number of carboxylic acids is 1. The van der Waals surface area contributed by atoms with Crippen LogP contribution in [0.5, 0.6) is 5.75 Å². The normalized spacial score (nSPS) is 11.3. The molecule has 0 bridgehead atoms. The third kappa shape index (κ3) is 3.94. The lowest BCUT2D eigenvalue weighted by Gasteiger charge is -2.13. The summed E-state index contributed by atoms with van der Waals surface area (Å²) in [7, 11) is 0. The molecule has 0 spiro atoms. The lowest BCUT2D eigenvalue weighted by molar-refractivity contribution is -0.274. The number of nitrogens with zero attached hydrogens (tertiary/aromatic N) is 1. The zero-order valence-corrected chi connectivity index (χ0v) is 10.9. The molecule has 1 aromatic heterocycles. The molecule has 0 aliphatic carbocycles. The maximum absolute atomic E-state index is 13.9. The highest BCUT2D eigenvalue weighted by atomic mass is 19.4. The molecule has 0 aliphatic rings. The highest BCUT2D eigenvalue weighted by molar-refractivity contribution is 5.71. The van der Waals surface area contributed by atoms with Crippen LogP contribution in [0, 0.1) is 5.82 Å². The van der Waals surface area contributed by atoms with Crippen LogP contribution in [0.2, 0.25) is 0 Å². The van der Waals surface area contributed by atoms with Crippen molar-refractivity contribution >= 4 is 5.97 Å². The molecule has 1 heterocycles. The smallest absolute Gasteiger partial charge is 0.481 e. The molecule has 0 saturated heterocycles. The van der Waals surface area contributed by atoms with Crippen LogP contribution in [-0.4, -0.2) is 22.4 Å². The monoisotopic (exact) mass is 315 g/mol. The van der Waals surface area contributed by atoms with Gasteiger partial charge < -0.3 is 9.84 Å². The van der Waals surface area contributed by atoms with Gasteiger partial charge >= 0.3 is 12.3 Å². The molecule has 1 N–H and O–H groups in total. The largest absolute Gasteiger partial charge is 0.573 e. The number of carbonyl (C=O) groups is 1. The van der Waals surface area contributed by atoms with Crippen LogP contribution in [0.3, 0.4) is 0 Å². The lowest BCUT2D eigenvalue weighted by Crippen LogP contribution is -2.17. The SMILES string of the molecule is O=C(O)Cc1ccc(F)c(-c2ccccc2OC(F)(F)F)n1.